The van der Waals surface area contributed by atoms with Crippen molar-refractivity contribution in [2.75, 3.05) is 24.8 Å². The summed E-state index contributed by atoms with van der Waals surface area (Å²) in [5.74, 6) is 0.835. The van der Waals surface area contributed by atoms with Gasteiger partial charge in [0, 0.05) is 17.0 Å². The van der Waals surface area contributed by atoms with Crippen molar-refractivity contribution in [2.24, 2.45) is 0 Å². The molecule has 0 aliphatic heterocycles. The van der Waals surface area contributed by atoms with E-state index in [1.807, 2.05) is 42.7 Å². The fourth-order valence-corrected chi connectivity index (χ4v) is 4.59. The molecule has 1 aromatic carbocycles. The topological polar surface area (TPSA) is 95.3 Å². The highest BCUT2D eigenvalue weighted by Crippen LogP contribution is 2.29. The zero-order valence-corrected chi connectivity index (χ0v) is 19.7. The number of esters is 1. The van der Waals surface area contributed by atoms with Crippen molar-refractivity contribution in [1.29, 1.82) is 0 Å². The molecule has 32 heavy (non-hydrogen) atoms. The minimum Gasteiger partial charge on any atom is -0.494 e. The molecule has 0 bridgehead atoms. The molecule has 1 amide bonds. The molecule has 2 heterocycles. The highest BCUT2D eigenvalue weighted by atomic mass is 32.2. The predicted octanol–water partition coefficient (Wildman–Crippen LogP) is 4.42. The number of rotatable bonds is 10. The third kappa shape index (κ3) is 5.57. The van der Waals surface area contributed by atoms with E-state index in [0.717, 1.165) is 16.2 Å². The average molecular weight is 473 g/mol. The summed E-state index contributed by atoms with van der Waals surface area (Å²) >= 11 is 2.59. The van der Waals surface area contributed by atoms with Gasteiger partial charge in [-0.1, -0.05) is 17.8 Å². The lowest BCUT2D eigenvalue weighted by Gasteiger charge is -2.09. The minimum absolute atomic E-state index is 0.107. The van der Waals surface area contributed by atoms with Crippen molar-refractivity contribution in [3.63, 3.8) is 0 Å². The predicted molar refractivity (Wildman–Crippen MR) is 127 cm³/mol. The maximum atomic E-state index is 12.5. The molecule has 168 valence electrons. The molecule has 0 fully saturated rings. The van der Waals surface area contributed by atoms with Crippen LogP contribution in [0.15, 0.2) is 48.1 Å². The van der Waals surface area contributed by atoms with Crippen LogP contribution in [-0.4, -0.2) is 46.1 Å². The van der Waals surface area contributed by atoms with Crippen LogP contribution >= 0.6 is 23.1 Å². The van der Waals surface area contributed by atoms with Crippen molar-refractivity contribution >= 4 is 40.0 Å². The van der Waals surface area contributed by atoms with E-state index in [1.54, 1.807) is 12.1 Å². The second kappa shape index (κ2) is 11.0. The zero-order chi connectivity index (χ0) is 23.1. The van der Waals surface area contributed by atoms with E-state index in [4.69, 9.17) is 9.47 Å². The number of hydrogen-bond acceptors (Lipinski definition) is 8. The summed E-state index contributed by atoms with van der Waals surface area (Å²) in [4.78, 5) is 25.3. The largest absolute Gasteiger partial charge is 0.494 e. The molecule has 8 nitrogen and oxygen atoms in total. The van der Waals surface area contributed by atoms with Gasteiger partial charge in [0.15, 0.2) is 11.0 Å². The van der Waals surface area contributed by atoms with Crippen molar-refractivity contribution in [1.82, 2.24) is 14.8 Å². The lowest BCUT2D eigenvalue weighted by Crippen LogP contribution is -2.16. The van der Waals surface area contributed by atoms with Crippen LogP contribution in [0.3, 0.4) is 0 Å². The minimum atomic E-state index is -0.483. The second-order valence-corrected chi connectivity index (χ2v) is 8.79. The van der Waals surface area contributed by atoms with Crippen molar-refractivity contribution in [3.05, 3.63) is 53.4 Å². The lowest BCUT2D eigenvalue weighted by atomic mass is 10.2. The van der Waals surface area contributed by atoms with Crippen LogP contribution in [0.4, 0.5) is 5.00 Å². The van der Waals surface area contributed by atoms with Crippen LogP contribution in [0.2, 0.25) is 0 Å². The van der Waals surface area contributed by atoms with Crippen LogP contribution in [0.5, 0.6) is 5.75 Å². The van der Waals surface area contributed by atoms with Crippen LogP contribution in [-0.2, 0) is 16.1 Å². The van der Waals surface area contributed by atoms with Gasteiger partial charge in [-0.25, -0.2) is 4.79 Å². The molecular weight excluding hydrogens is 448 g/mol. The van der Waals surface area contributed by atoms with E-state index in [2.05, 4.69) is 22.1 Å². The highest BCUT2D eigenvalue weighted by molar-refractivity contribution is 7.99. The van der Waals surface area contributed by atoms with Gasteiger partial charge in [0.05, 0.1) is 25.0 Å². The quantitative estimate of drug-likeness (QED) is 0.265. The first-order valence-corrected chi connectivity index (χ1v) is 11.7. The number of anilines is 1. The number of carbonyl (C=O) groups is 2. The molecule has 1 N–H and O–H groups in total. The van der Waals surface area contributed by atoms with Gasteiger partial charge < -0.3 is 14.8 Å². The lowest BCUT2D eigenvalue weighted by molar-refractivity contribution is -0.113. The number of aryl methyl sites for hydroxylation is 1. The number of ether oxygens (including phenoxy) is 2. The number of allylic oxidation sites excluding steroid dienone is 1. The van der Waals surface area contributed by atoms with E-state index in [1.165, 1.54) is 30.2 Å². The third-order valence-corrected chi connectivity index (χ3v) is 6.23. The maximum Gasteiger partial charge on any atom is 0.340 e. The van der Waals surface area contributed by atoms with Gasteiger partial charge in [-0.3, -0.25) is 9.36 Å². The van der Waals surface area contributed by atoms with Gasteiger partial charge in [0.2, 0.25) is 5.91 Å². The number of benzene rings is 1. The van der Waals surface area contributed by atoms with Crippen LogP contribution in [0.25, 0.3) is 11.4 Å². The molecular formula is C22H24N4O4S2. The number of aromatic nitrogens is 3. The first kappa shape index (κ1) is 23.6. The molecule has 0 aliphatic rings. The Morgan fingerprint density at radius 2 is 2.03 bits per heavy atom. The van der Waals surface area contributed by atoms with Crippen LogP contribution < -0.4 is 10.1 Å². The highest BCUT2D eigenvalue weighted by Gasteiger charge is 2.19. The van der Waals surface area contributed by atoms with E-state index in [9.17, 15) is 9.59 Å². The number of nitrogens with one attached hydrogen (secondary N) is 1. The SMILES string of the molecule is C=CCn1c(SCC(=O)Nc2sc(C)cc2C(=O)OC)nnc1-c1ccc(OCC)cc1. The number of thioether (sulfide) groups is 1. The molecule has 0 radical (unpaired) electrons. The van der Waals surface area contributed by atoms with E-state index in [-0.39, 0.29) is 11.7 Å². The average Bonchev–Trinajstić information content (AvgIpc) is 3.35. The Bertz CT molecular complexity index is 1110. The van der Waals surface area contributed by atoms with E-state index < -0.39 is 5.97 Å². The third-order valence-electron chi connectivity index (χ3n) is 4.30. The van der Waals surface area contributed by atoms with Crippen LogP contribution in [0, 0.1) is 6.92 Å². The molecule has 0 unspecified atom stereocenters. The Balaban J connectivity index is 1.72. The van der Waals surface area contributed by atoms with Crippen molar-refractivity contribution in [2.45, 2.75) is 25.5 Å². The number of amides is 1. The number of nitrogens with zero attached hydrogens (tertiary/aromatic N) is 3. The monoisotopic (exact) mass is 472 g/mol. The summed E-state index contributed by atoms with van der Waals surface area (Å²) in [5.41, 5.74) is 1.23. The smallest absolute Gasteiger partial charge is 0.340 e. The summed E-state index contributed by atoms with van der Waals surface area (Å²) in [6.07, 6.45) is 1.75. The molecule has 0 saturated carbocycles. The van der Waals surface area contributed by atoms with Gasteiger partial charge >= 0.3 is 5.97 Å². The molecule has 2 aromatic heterocycles. The fraction of sp³-hybridized carbons (Fsp3) is 0.273. The van der Waals surface area contributed by atoms with Gasteiger partial charge in [0.1, 0.15) is 10.8 Å². The Morgan fingerprint density at radius 3 is 2.69 bits per heavy atom. The molecule has 10 heteroatoms. The van der Waals surface area contributed by atoms with Crippen molar-refractivity contribution in [3.8, 4) is 17.1 Å². The second-order valence-electron chi connectivity index (χ2n) is 6.59. The summed E-state index contributed by atoms with van der Waals surface area (Å²) in [6, 6.07) is 9.30. The molecule has 0 atom stereocenters. The summed E-state index contributed by atoms with van der Waals surface area (Å²) in [6.45, 7) is 8.70. The summed E-state index contributed by atoms with van der Waals surface area (Å²) in [5, 5.41) is 12.4. The Kier molecular flexibility index (Phi) is 8.07. The fourth-order valence-electron chi connectivity index (χ4n) is 2.93. The normalized spacial score (nSPS) is 10.6. The van der Waals surface area contributed by atoms with Gasteiger partial charge in [-0.15, -0.1) is 28.1 Å². The molecule has 3 aromatic rings. The Labute approximate surface area is 194 Å². The zero-order valence-electron chi connectivity index (χ0n) is 18.1. The van der Waals surface area contributed by atoms with E-state index in [0.29, 0.717) is 34.7 Å². The van der Waals surface area contributed by atoms with Gasteiger partial charge in [-0.2, -0.15) is 0 Å². The first-order chi connectivity index (χ1) is 15.5. The van der Waals surface area contributed by atoms with Gasteiger partial charge in [-0.05, 0) is 44.2 Å². The molecule has 0 saturated heterocycles. The first-order valence-electron chi connectivity index (χ1n) is 9.85. The number of thiophene rings is 1. The van der Waals surface area contributed by atoms with Crippen LogP contribution in [0.1, 0.15) is 22.2 Å². The summed E-state index contributed by atoms with van der Waals surface area (Å²) < 4.78 is 12.2. The molecule has 0 spiro atoms. The number of carbonyl (C=O) groups excluding carboxylic acids is 2. The maximum absolute atomic E-state index is 12.5. The molecule has 3 rings (SSSR count). The molecule has 0 aliphatic carbocycles. The number of methoxy groups -OCH3 is 1. The standard InChI is InChI=1S/C22H24N4O4S2/c1-5-11-26-19(15-7-9-16(10-8-15)30-6-2)24-25-22(26)31-13-18(27)23-20-17(21(28)29-4)12-14(3)32-20/h5,7-10,12H,1,6,11,13H2,2-4H3,(H,23,27). The van der Waals surface area contributed by atoms with E-state index >= 15 is 0 Å². The Hall–Kier alpha value is -3.11. The number of hydrogen-bond donors (Lipinski definition) is 1. The Morgan fingerprint density at radius 1 is 1.28 bits per heavy atom. The van der Waals surface area contributed by atoms with Gasteiger partial charge in [0.25, 0.3) is 0 Å². The summed E-state index contributed by atoms with van der Waals surface area (Å²) in [7, 11) is 1.31. The van der Waals surface area contributed by atoms with Crippen molar-refractivity contribution < 1.29 is 19.1 Å².